The summed E-state index contributed by atoms with van der Waals surface area (Å²) >= 11 is 0. The Morgan fingerprint density at radius 2 is 1.95 bits per heavy atom. The molecule has 1 aliphatic heterocycles. The van der Waals surface area contributed by atoms with Crippen molar-refractivity contribution in [3.8, 4) is 0 Å². The molecular weight excluding hydrogens is 250 g/mol. The van der Waals surface area contributed by atoms with E-state index in [1.807, 2.05) is 0 Å². The maximum absolute atomic E-state index is 5.86. The van der Waals surface area contributed by atoms with Gasteiger partial charge in [-0.15, -0.1) is 0 Å². The Kier molecular flexibility index (Phi) is 6.07. The van der Waals surface area contributed by atoms with Crippen LogP contribution in [0.15, 0.2) is 16.5 Å². The van der Waals surface area contributed by atoms with Gasteiger partial charge in [-0.3, -0.25) is 4.90 Å². The molecule has 1 saturated heterocycles. The summed E-state index contributed by atoms with van der Waals surface area (Å²) in [5, 5.41) is 3.38. The van der Waals surface area contributed by atoms with Gasteiger partial charge in [0.25, 0.3) is 0 Å². The smallest absolute Gasteiger partial charge is 0.118 e. The third kappa shape index (κ3) is 5.27. The Bertz CT molecular complexity index is 383. The Morgan fingerprint density at radius 3 is 2.65 bits per heavy atom. The van der Waals surface area contributed by atoms with Crippen molar-refractivity contribution in [2.45, 2.75) is 45.8 Å². The van der Waals surface area contributed by atoms with Crippen LogP contribution < -0.4 is 5.32 Å². The highest BCUT2D eigenvalue weighted by Crippen LogP contribution is 2.11. The molecule has 1 aromatic rings. The van der Waals surface area contributed by atoms with Crippen molar-refractivity contribution in [1.82, 2.24) is 15.1 Å². The second-order valence-electron chi connectivity index (χ2n) is 6.19. The van der Waals surface area contributed by atoms with E-state index in [9.17, 15) is 0 Å². The second kappa shape index (κ2) is 7.81. The Labute approximate surface area is 123 Å². The lowest BCUT2D eigenvalue weighted by Gasteiger charge is -2.20. The van der Waals surface area contributed by atoms with Gasteiger partial charge >= 0.3 is 0 Å². The molecule has 2 rings (SSSR count). The molecule has 0 aliphatic carbocycles. The monoisotopic (exact) mass is 279 g/mol. The van der Waals surface area contributed by atoms with Crippen LogP contribution in [-0.4, -0.2) is 49.1 Å². The lowest BCUT2D eigenvalue weighted by Crippen LogP contribution is -2.31. The van der Waals surface area contributed by atoms with Gasteiger partial charge in [0.15, 0.2) is 0 Å². The summed E-state index contributed by atoms with van der Waals surface area (Å²) in [7, 11) is 2.17. The van der Waals surface area contributed by atoms with Crippen molar-refractivity contribution in [2.24, 2.45) is 0 Å². The molecule has 2 heterocycles. The van der Waals surface area contributed by atoms with Crippen LogP contribution in [0.1, 0.15) is 38.2 Å². The van der Waals surface area contributed by atoms with Gasteiger partial charge in [0.1, 0.15) is 11.5 Å². The van der Waals surface area contributed by atoms with E-state index >= 15 is 0 Å². The number of nitrogens with one attached hydrogen (secondary N) is 1. The Balaban J connectivity index is 1.69. The first-order valence-corrected chi connectivity index (χ1v) is 7.85. The molecule has 0 saturated carbocycles. The fourth-order valence-electron chi connectivity index (χ4n) is 2.57. The van der Waals surface area contributed by atoms with Gasteiger partial charge in [-0.25, -0.2) is 0 Å². The van der Waals surface area contributed by atoms with E-state index in [0.717, 1.165) is 31.2 Å². The maximum atomic E-state index is 5.86. The number of likely N-dealkylation sites (tertiary alicyclic amines) is 1. The van der Waals surface area contributed by atoms with Crippen molar-refractivity contribution in [1.29, 1.82) is 0 Å². The average molecular weight is 279 g/mol. The average Bonchev–Trinajstić information content (AvgIpc) is 3.05. The summed E-state index contributed by atoms with van der Waals surface area (Å²) in [6.45, 7) is 10.9. The fourth-order valence-corrected chi connectivity index (χ4v) is 2.57. The Morgan fingerprint density at radius 1 is 1.25 bits per heavy atom. The van der Waals surface area contributed by atoms with Gasteiger partial charge in [-0.1, -0.05) is 13.8 Å². The number of furan rings is 1. The topological polar surface area (TPSA) is 31.6 Å². The summed E-state index contributed by atoms with van der Waals surface area (Å²) in [4.78, 5) is 4.90. The molecule has 0 amide bonds. The van der Waals surface area contributed by atoms with Crippen LogP contribution in [0, 0.1) is 0 Å². The van der Waals surface area contributed by atoms with Crippen molar-refractivity contribution in [3.05, 3.63) is 23.7 Å². The predicted molar refractivity (Wildman–Crippen MR) is 82.7 cm³/mol. The molecule has 0 aromatic carbocycles. The minimum atomic E-state index is 0.492. The van der Waals surface area contributed by atoms with Crippen LogP contribution in [0.4, 0.5) is 0 Å². The molecule has 114 valence electrons. The zero-order valence-corrected chi connectivity index (χ0v) is 13.2. The maximum Gasteiger partial charge on any atom is 0.118 e. The third-order valence-corrected chi connectivity index (χ3v) is 3.82. The molecule has 0 bridgehead atoms. The largest absolute Gasteiger partial charge is 0.463 e. The van der Waals surface area contributed by atoms with Crippen LogP contribution in [0.5, 0.6) is 0 Å². The van der Waals surface area contributed by atoms with Crippen LogP contribution in [0.2, 0.25) is 0 Å². The number of hydrogen-bond acceptors (Lipinski definition) is 4. The van der Waals surface area contributed by atoms with Crippen LogP contribution in [-0.2, 0) is 13.1 Å². The first-order valence-electron chi connectivity index (χ1n) is 7.85. The highest BCUT2D eigenvalue weighted by atomic mass is 16.3. The zero-order chi connectivity index (χ0) is 14.4. The normalized spacial score (nSPS) is 16.6. The molecule has 1 aliphatic rings. The minimum absolute atomic E-state index is 0.492. The van der Waals surface area contributed by atoms with Crippen molar-refractivity contribution in [3.63, 3.8) is 0 Å². The van der Waals surface area contributed by atoms with Gasteiger partial charge < -0.3 is 14.6 Å². The number of nitrogens with zero attached hydrogens (tertiary/aromatic N) is 2. The molecule has 1 N–H and O–H groups in total. The van der Waals surface area contributed by atoms with E-state index in [4.69, 9.17) is 4.42 Å². The van der Waals surface area contributed by atoms with Gasteiger partial charge in [0.2, 0.25) is 0 Å². The van der Waals surface area contributed by atoms with E-state index in [1.165, 1.54) is 32.5 Å². The zero-order valence-electron chi connectivity index (χ0n) is 13.2. The molecule has 0 radical (unpaired) electrons. The van der Waals surface area contributed by atoms with Crippen molar-refractivity contribution < 1.29 is 4.42 Å². The first kappa shape index (κ1) is 15.5. The van der Waals surface area contributed by atoms with Crippen molar-refractivity contribution in [2.75, 3.05) is 33.2 Å². The van der Waals surface area contributed by atoms with Gasteiger partial charge in [-0.2, -0.15) is 0 Å². The van der Waals surface area contributed by atoms with E-state index in [0.29, 0.717) is 6.04 Å². The second-order valence-corrected chi connectivity index (χ2v) is 6.19. The molecule has 0 spiro atoms. The Hall–Kier alpha value is -0.840. The van der Waals surface area contributed by atoms with E-state index in [2.05, 4.69) is 48.1 Å². The van der Waals surface area contributed by atoms with Gasteiger partial charge in [0, 0.05) is 19.1 Å². The summed E-state index contributed by atoms with van der Waals surface area (Å²) in [6.07, 6.45) is 2.74. The number of hydrogen-bond donors (Lipinski definition) is 1. The lowest BCUT2D eigenvalue weighted by atomic mass is 10.3. The SMILES string of the molecule is CC(C)NCc1ccc(CN(C)CCN2CCCC2)o1. The van der Waals surface area contributed by atoms with Crippen LogP contribution >= 0.6 is 0 Å². The highest BCUT2D eigenvalue weighted by molar-refractivity contribution is 5.07. The number of likely N-dealkylation sites (N-methyl/N-ethyl adjacent to an activating group) is 1. The van der Waals surface area contributed by atoms with Crippen molar-refractivity contribution >= 4 is 0 Å². The molecule has 0 unspecified atom stereocenters. The molecule has 1 fully saturated rings. The van der Waals surface area contributed by atoms with Gasteiger partial charge in [-0.05, 0) is 45.1 Å². The molecular formula is C16H29N3O. The summed E-state index contributed by atoms with van der Waals surface area (Å²) in [5.74, 6) is 2.09. The molecule has 1 aromatic heterocycles. The lowest BCUT2D eigenvalue weighted by molar-refractivity contribution is 0.237. The molecule has 4 nitrogen and oxygen atoms in total. The van der Waals surface area contributed by atoms with E-state index in [1.54, 1.807) is 0 Å². The van der Waals surface area contributed by atoms with Gasteiger partial charge in [0.05, 0.1) is 13.1 Å². The highest BCUT2D eigenvalue weighted by Gasteiger charge is 2.12. The summed E-state index contributed by atoms with van der Waals surface area (Å²) in [5.41, 5.74) is 0. The number of rotatable bonds is 8. The standard InChI is InChI=1S/C16H29N3O/c1-14(2)17-12-15-6-7-16(20-15)13-18(3)10-11-19-8-4-5-9-19/h6-7,14,17H,4-5,8-13H2,1-3H3. The minimum Gasteiger partial charge on any atom is -0.463 e. The first-order chi connectivity index (χ1) is 9.63. The molecule has 20 heavy (non-hydrogen) atoms. The van der Waals surface area contributed by atoms with E-state index < -0.39 is 0 Å². The summed E-state index contributed by atoms with van der Waals surface area (Å²) in [6, 6.07) is 4.68. The molecule has 4 heteroatoms. The van der Waals surface area contributed by atoms with E-state index in [-0.39, 0.29) is 0 Å². The fraction of sp³-hybridized carbons (Fsp3) is 0.750. The van der Waals surface area contributed by atoms with Crippen LogP contribution in [0.25, 0.3) is 0 Å². The summed E-state index contributed by atoms with van der Waals surface area (Å²) < 4.78 is 5.86. The predicted octanol–water partition coefficient (Wildman–Crippen LogP) is 2.31. The van der Waals surface area contributed by atoms with Crippen LogP contribution in [0.3, 0.4) is 0 Å². The third-order valence-electron chi connectivity index (χ3n) is 3.82. The molecule has 0 atom stereocenters. The quantitative estimate of drug-likeness (QED) is 0.791.